The van der Waals surface area contributed by atoms with E-state index in [1.807, 2.05) is 0 Å². The summed E-state index contributed by atoms with van der Waals surface area (Å²) in [4.78, 5) is 26.0. The molecule has 3 atom stereocenters. The number of rotatable bonds is 45. The van der Waals surface area contributed by atoms with Gasteiger partial charge in [0.2, 0.25) is 5.91 Å². The van der Waals surface area contributed by atoms with Crippen molar-refractivity contribution in [2.45, 2.75) is 289 Å². The van der Waals surface area contributed by atoms with Crippen molar-refractivity contribution in [3.05, 3.63) is 12.2 Å². The highest BCUT2D eigenvalue weighted by molar-refractivity contribution is 5.77. The predicted molar refractivity (Wildman–Crippen MR) is 241 cm³/mol. The van der Waals surface area contributed by atoms with Crippen LogP contribution < -0.4 is 5.32 Å². The molecule has 0 aliphatic carbocycles. The molecule has 0 fully saturated rings. The number of nitrogens with one attached hydrogen (secondary N) is 1. The first-order chi connectivity index (χ1) is 27.5. The summed E-state index contributed by atoms with van der Waals surface area (Å²) >= 11 is 0. The first-order valence-electron chi connectivity index (χ1n) is 24.9. The highest BCUT2D eigenvalue weighted by atomic mass is 16.5. The zero-order chi connectivity index (χ0) is 41.0. The normalized spacial score (nSPS) is 13.3. The molecule has 6 nitrogen and oxygen atoms in total. The van der Waals surface area contributed by atoms with Gasteiger partial charge in [-0.15, -0.1) is 0 Å². The van der Waals surface area contributed by atoms with Gasteiger partial charge in [-0.05, 0) is 44.9 Å². The fraction of sp³-hybridized carbons (Fsp3) is 0.920. The molecule has 0 saturated carbocycles. The Hall–Kier alpha value is -1.40. The highest BCUT2D eigenvalue weighted by Crippen LogP contribution is 2.18. The summed E-state index contributed by atoms with van der Waals surface area (Å²) in [5, 5.41) is 23.6. The average molecular weight is 792 g/mol. The third-order valence-electron chi connectivity index (χ3n) is 11.6. The number of aliphatic hydroxyl groups is 2. The molecule has 0 radical (unpaired) electrons. The lowest BCUT2D eigenvalue weighted by Crippen LogP contribution is -2.46. The van der Waals surface area contributed by atoms with Crippen LogP contribution in [0, 0.1) is 0 Å². The third kappa shape index (κ3) is 39.4. The molecule has 0 spiro atoms. The molecular formula is C50H97NO5. The van der Waals surface area contributed by atoms with E-state index in [1.165, 1.54) is 154 Å². The quantitative estimate of drug-likeness (QED) is 0.0324. The van der Waals surface area contributed by atoms with Gasteiger partial charge < -0.3 is 20.3 Å². The topological polar surface area (TPSA) is 95.9 Å². The molecule has 56 heavy (non-hydrogen) atoms. The summed E-state index contributed by atoms with van der Waals surface area (Å²) in [7, 11) is 0. The van der Waals surface area contributed by atoms with Crippen molar-refractivity contribution in [3.63, 3.8) is 0 Å². The van der Waals surface area contributed by atoms with Crippen molar-refractivity contribution in [2.24, 2.45) is 0 Å². The molecule has 0 aliphatic heterocycles. The van der Waals surface area contributed by atoms with Crippen molar-refractivity contribution in [3.8, 4) is 0 Å². The second kappa shape index (κ2) is 44.7. The van der Waals surface area contributed by atoms with Gasteiger partial charge >= 0.3 is 5.97 Å². The second-order valence-corrected chi connectivity index (χ2v) is 17.2. The average Bonchev–Trinajstić information content (AvgIpc) is 3.19. The Morgan fingerprint density at radius 1 is 0.500 bits per heavy atom. The van der Waals surface area contributed by atoms with Crippen LogP contribution in [0.2, 0.25) is 0 Å². The molecule has 0 aliphatic rings. The van der Waals surface area contributed by atoms with Gasteiger partial charge in [0.15, 0.2) is 0 Å². The summed E-state index contributed by atoms with van der Waals surface area (Å²) in [6.07, 6.45) is 48.6. The van der Waals surface area contributed by atoms with E-state index in [0.29, 0.717) is 19.3 Å². The number of carbonyl (C=O) groups excluding carboxylic acids is 2. The van der Waals surface area contributed by atoms with Gasteiger partial charge in [0.25, 0.3) is 0 Å². The summed E-state index contributed by atoms with van der Waals surface area (Å²) in [5.74, 6) is -0.480. The summed E-state index contributed by atoms with van der Waals surface area (Å²) in [6, 6.07) is -0.697. The maximum Gasteiger partial charge on any atom is 0.306 e. The van der Waals surface area contributed by atoms with Crippen molar-refractivity contribution >= 4 is 11.9 Å². The number of ether oxygens (including phenoxy) is 1. The largest absolute Gasteiger partial charge is 0.462 e. The lowest BCUT2D eigenvalue weighted by molar-refractivity contribution is -0.151. The van der Waals surface area contributed by atoms with Crippen LogP contribution in [0.3, 0.4) is 0 Å². The van der Waals surface area contributed by atoms with Crippen LogP contribution in [-0.4, -0.2) is 46.9 Å². The van der Waals surface area contributed by atoms with E-state index in [4.69, 9.17) is 4.74 Å². The summed E-state index contributed by atoms with van der Waals surface area (Å²) in [5.41, 5.74) is 0. The van der Waals surface area contributed by atoms with Gasteiger partial charge in [-0.1, -0.05) is 226 Å². The second-order valence-electron chi connectivity index (χ2n) is 17.2. The maximum atomic E-state index is 13.1. The lowest BCUT2D eigenvalue weighted by atomic mass is 10.0. The maximum absolute atomic E-state index is 13.1. The smallest absolute Gasteiger partial charge is 0.306 e. The monoisotopic (exact) mass is 792 g/mol. The number of carbonyl (C=O) groups is 2. The van der Waals surface area contributed by atoms with E-state index < -0.39 is 18.2 Å². The van der Waals surface area contributed by atoms with Crippen molar-refractivity contribution < 1.29 is 24.5 Å². The number of unbranched alkanes of at least 4 members (excludes halogenated alkanes) is 31. The predicted octanol–water partition coefficient (Wildman–Crippen LogP) is 14.6. The molecule has 3 N–H and O–H groups in total. The van der Waals surface area contributed by atoms with Crippen molar-refractivity contribution in [1.29, 1.82) is 0 Å². The molecule has 0 aromatic carbocycles. The molecule has 0 heterocycles. The zero-order valence-electron chi connectivity index (χ0n) is 37.8. The Bertz CT molecular complexity index is 847. The number of hydrogen-bond acceptors (Lipinski definition) is 5. The van der Waals surface area contributed by atoms with Crippen LogP contribution in [-0.2, 0) is 14.3 Å². The number of aliphatic hydroxyl groups excluding tert-OH is 2. The van der Waals surface area contributed by atoms with Gasteiger partial charge in [-0.25, -0.2) is 0 Å². The van der Waals surface area contributed by atoms with Crippen LogP contribution in [0.1, 0.15) is 271 Å². The fourth-order valence-corrected chi connectivity index (χ4v) is 7.79. The Labute approximate surface area is 349 Å². The Morgan fingerprint density at radius 2 is 0.893 bits per heavy atom. The van der Waals surface area contributed by atoms with Crippen molar-refractivity contribution in [1.82, 2.24) is 5.32 Å². The molecule has 6 heteroatoms. The van der Waals surface area contributed by atoms with Crippen LogP contribution in [0.15, 0.2) is 12.2 Å². The van der Waals surface area contributed by atoms with Gasteiger partial charge in [0.1, 0.15) is 6.10 Å². The standard InChI is InChI=1S/C50H97NO5/c1-4-7-10-13-16-19-21-22-23-24-25-26-27-28-29-31-34-37-40-43-50(55)56-46(41-38-35-32-18-15-12-9-6-3)44-49(54)51-47(45-52)48(53)42-39-36-33-30-20-17-14-11-8-5-2/h12,15,46-48,52-53H,4-11,13-14,16-45H2,1-3H3,(H,51,54)/b15-12-. The van der Waals surface area contributed by atoms with E-state index in [9.17, 15) is 19.8 Å². The SMILES string of the molecule is CCC/C=C\CCCCCC(CC(=O)NC(CO)C(O)CCCCCCCCCCCC)OC(=O)CCCCCCCCCCCCCCCCCCCCC. The fourth-order valence-electron chi connectivity index (χ4n) is 7.79. The Balaban J connectivity index is 4.33. The van der Waals surface area contributed by atoms with E-state index >= 15 is 0 Å². The molecule has 0 bridgehead atoms. The lowest BCUT2D eigenvalue weighted by Gasteiger charge is -2.24. The van der Waals surface area contributed by atoms with E-state index in [-0.39, 0.29) is 24.9 Å². The minimum Gasteiger partial charge on any atom is -0.462 e. The number of esters is 1. The summed E-state index contributed by atoms with van der Waals surface area (Å²) in [6.45, 7) is 6.41. The highest BCUT2D eigenvalue weighted by Gasteiger charge is 2.24. The van der Waals surface area contributed by atoms with Crippen LogP contribution in [0.5, 0.6) is 0 Å². The number of allylic oxidation sites excluding steroid dienone is 2. The minimum atomic E-state index is -0.783. The van der Waals surface area contributed by atoms with Gasteiger partial charge in [-0.3, -0.25) is 9.59 Å². The molecule has 1 amide bonds. The van der Waals surface area contributed by atoms with Crippen LogP contribution >= 0.6 is 0 Å². The first kappa shape index (κ1) is 54.6. The zero-order valence-corrected chi connectivity index (χ0v) is 37.8. The molecule has 3 unspecified atom stereocenters. The van der Waals surface area contributed by atoms with Gasteiger partial charge in [0.05, 0.1) is 25.2 Å². The molecular weight excluding hydrogens is 695 g/mol. The number of hydrogen-bond donors (Lipinski definition) is 3. The molecule has 0 aromatic heterocycles. The molecule has 0 saturated heterocycles. The Kier molecular flexibility index (Phi) is 43.6. The Morgan fingerprint density at radius 3 is 1.34 bits per heavy atom. The van der Waals surface area contributed by atoms with E-state index in [1.54, 1.807) is 0 Å². The minimum absolute atomic E-state index is 0.0722. The van der Waals surface area contributed by atoms with Gasteiger partial charge in [0, 0.05) is 6.42 Å². The third-order valence-corrected chi connectivity index (χ3v) is 11.6. The van der Waals surface area contributed by atoms with E-state index in [0.717, 1.165) is 70.6 Å². The molecule has 0 aromatic rings. The molecule has 332 valence electrons. The van der Waals surface area contributed by atoms with Gasteiger partial charge in [-0.2, -0.15) is 0 Å². The summed E-state index contributed by atoms with van der Waals surface area (Å²) < 4.78 is 5.89. The van der Waals surface area contributed by atoms with Crippen LogP contribution in [0.4, 0.5) is 0 Å². The van der Waals surface area contributed by atoms with Crippen molar-refractivity contribution in [2.75, 3.05) is 6.61 Å². The van der Waals surface area contributed by atoms with Crippen LogP contribution in [0.25, 0.3) is 0 Å². The molecule has 0 rings (SSSR count). The number of amides is 1. The van der Waals surface area contributed by atoms with E-state index in [2.05, 4.69) is 38.2 Å². The first-order valence-corrected chi connectivity index (χ1v) is 24.9.